The Balaban J connectivity index is 1.31. The van der Waals surface area contributed by atoms with Crippen LogP contribution in [-0.2, 0) is 52.3 Å². The lowest BCUT2D eigenvalue weighted by atomic mass is 9.58. The van der Waals surface area contributed by atoms with Gasteiger partial charge in [0.15, 0.2) is 0 Å². The smallest absolute Gasteiger partial charge is 0.375 e. The highest BCUT2D eigenvalue weighted by Crippen LogP contribution is 2.57. The number of benzene rings is 3. The van der Waals surface area contributed by atoms with Crippen LogP contribution in [0.15, 0.2) is 77.3 Å². The van der Waals surface area contributed by atoms with Gasteiger partial charge in [-0.3, -0.25) is 19.4 Å². The number of rotatable bonds is 11. The van der Waals surface area contributed by atoms with Crippen LogP contribution in [0, 0.1) is 5.92 Å². The number of ether oxygens (including phenoxy) is 2. The summed E-state index contributed by atoms with van der Waals surface area (Å²) in [4.78, 5) is 89.4. The summed E-state index contributed by atoms with van der Waals surface area (Å²) in [5, 5.41) is 0. The van der Waals surface area contributed by atoms with E-state index in [-0.39, 0.29) is 31.8 Å². The topological polar surface area (TPSA) is 235 Å². The number of carbonyl (C=O) groups excluding carboxylic acids is 6. The molecule has 0 saturated carbocycles. The van der Waals surface area contributed by atoms with Gasteiger partial charge in [-0.1, -0.05) is 85.2 Å². The SMILES string of the molecule is CC1CC(C2CCCN2[C@@](C(N)=O)(C(=O)OC(N)=O)C2(C)Cc3ccc2cc3)N(c2ccc(Br)cc2)[C@@]1(C)C1CCCN1[C@@](C(N)=O)(C(=O)OC(N)=O)C1(C)Cc2ccc1cc2. The third-order valence-electron chi connectivity index (χ3n) is 15.7. The number of anilines is 1. The molecule has 16 heteroatoms. The number of primary amides is 4. The van der Waals surface area contributed by atoms with Gasteiger partial charge in [-0.2, -0.15) is 0 Å². The van der Waals surface area contributed by atoms with E-state index in [4.69, 9.17) is 32.4 Å². The Morgan fingerprint density at radius 3 is 1.53 bits per heavy atom. The number of halogens is 1. The van der Waals surface area contributed by atoms with Crippen molar-refractivity contribution >= 4 is 57.6 Å². The Kier molecular flexibility index (Phi) is 10.6. The van der Waals surface area contributed by atoms with Crippen molar-refractivity contribution in [3.8, 4) is 0 Å². The predicted octanol–water partition coefficient (Wildman–Crippen LogP) is 4.07. The van der Waals surface area contributed by atoms with Crippen molar-refractivity contribution in [2.75, 3.05) is 18.0 Å². The molecule has 7 aliphatic rings. The summed E-state index contributed by atoms with van der Waals surface area (Å²) < 4.78 is 11.3. The Morgan fingerprint density at radius 2 is 1.10 bits per heavy atom. The number of fused-ring (bicyclic) bond motifs is 6. The second-order valence-electron chi connectivity index (χ2n) is 18.5. The van der Waals surface area contributed by atoms with Gasteiger partial charge in [-0.05, 0) is 104 Å². The van der Waals surface area contributed by atoms with E-state index in [0.29, 0.717) is 43.2 Å². The van der Waals surface area contributed by atoms with E-state index in [1.165, 1.54) is 0 Å². The number of likely N-dealkylation sites (tertiary alicyclic amines) is 2. The van der Waals surface area contributed by atoms with Crippen LogP contribution in [0.2, 0.25) is 0 Å². The summed E-state index contributed by atoms with van der Waals surface area (Å²) in [5.74, 6) is -4.36. The average Bonchev–Trinajstić information content (AvgIpc) is 3.95. The molecule has 15 nitrogen and oxygen atoms in total. The number of amides is 4. The van der Waals surface area contributed by atoms with Crippen LogP contribution in [0.25, 0.3) is 0 Å². The first-order valence-electron chi connectivity index (χ1n) is 21.2. The summed E-state index contributed by atoms with van der Waals surface area (Å²) in [6, 6.07) is 21.6. The van der Waals surface area contributed by atoms with Crippen LogP contribution in [-0.4, -0.2) is 93.6 Å². The fraction of sp³-hybridized carbons (Fsp3) is 0.478. The minimum atomic E-state index is -2.19. The highest BCUT2D eigenvalue weighted by atomic mass is 79.9. The standard InChI is InChI=1S/C46H54BrN7O8/c1-26-23-34(33-7-5-21-52(33)45(36(48)55,38(57)61-40(50)59)42(2)24-27-9-13-29(42)14-10-27)54(32-19-17-31(47)18-20-32)44(26,4)35-8-6-22-53(35)46(37(49)56,39(58)62-41(51)60)43(3)25-28-11-15-30(43)16-12-28/h9-20,26,33-35H,5-8,21-25H2,1-4H3,(H2,48,55)(H2,49,56)(H2,50,59)(H2,51,60)/t26?,33?,34?,35?,42?,43?,44-,45+,46+/m1/s1. The first kappa shape index (κ1) is 43.3. The zero-order valence-electron chi connectivity index (χ0n) is 35.4. The van der Waals surface area contributed by atoms with Crippen molar-refractivity contribution in [2.45, 2.75) is 118 Å². The Morgan fingerprint density at radius 1 is 0.645 bits per heavy atom. The largest absolute Gasteiger partial charge is 0.412 e. The van der Waals surface area contributed by atoms with Crippen LogP contribution in [0.4, 0.5) is 15.3 Å². The quantitative estimate of drug-likeness (QED) is 0.158. The molecule has 4 amide bonds. The lowest BCUT2D eigenvalue weighted by molar-refractivity contribution is -0.167. The van der Waals surface area contributed by atoms with E-state index in [1.807, 2.05) is 96.4 Å². The predicted molar refractivity (Wildman–Crippen MR) is 232 cm³/mol. The van der Waals surface area contributed by atoms with Crippen LogP contribution < -0.4 is 27.8 Å². The zero-order chi connectivity index (χ0) is 44.7. The maximum absolute atomic E-state index is 14.8. The van der Waals surface area contributed by atoms with Crippen molar-refractivity contribution in [2.24, 2.45) is 28.9 Å². The van der Waals surface area contributed by atoms with E-state index in [0.717, 1.165) is 21.3 Å². The monoisotopic (exact) mass is 911 g/mol. The van der Waals surface area contributed by atoms with Gasteiger partial charge in [0, 0.05) is 52.2 Å². The number of nitrogens with two attached hydrogens (primary N) is 4. The Bertz CT molecular complexity index is 2350. The molecule has 0 radical (unpaired) electrons. The van der Waals surface area contributed by atoms with Gasteiger partial charge in [-0.25, -0.2) is 19.2 Å². The molecule has 6 unspecified atom stereocenters. The third kappa shape index (κ3) is 5.95. The molecule has 3 saturated heterocycles. The molecular formula is C46H54BrN7O8. The minimum absolute atomic E-state index is 0.169. The van der Waals surface area contributed by atoms with Crippen molar-refractivity contribution in [1.82, 2.24) is 9.80 Å². The molecule has 328 valence electrons. The number of nitrogens with zero attached hydrogens (tertiary/aromatic N) is 3. The first-order chi connectivity index (χ1) is 29.3. The summed E-state index contributed by atoms with van der Waals surface area (Å²) in [5.41, 5.74) is 20.2. The molecule has 4 aliphatic carbocycles. The number of hydrogen-bond acceptors (Lipinski definition) is 11. The molecule has 3 aliphatic heterocycles. The molecule has 3 heterocycles. The van der Waals surface area contributed by atoms with Crippen molar-refractivity contribution in [1.29, 1.82) is 0 Å². The van der Waals surface area contributed by atoms with E-state index in [2.05, 4.69) is 34.7 Å². The highest BCUT2D eigenvalue weighted by Gasteiger charge is 2.72. The third-order valence-corrected chi connectivity index (χ3v) is 16.2. The van der Waals surface area contributed by atoms with Gasteiger partial charge in [0.1, 0.15) is 0 Å². The molecule has 3 aromatic rings. The van der Waals surface area contributed by atoms with Gasteiger partial charge in [0.25, 0.3) is 11.8 Å². The maximum Gasteiger partial charge on any atom is 0.412 e. The van der Waals surface area contributed by atoms with Gasteiger partial charge < -0.3 is 37.3 Å². The van der Waals surface area contributed by atoms with Crippen molar-refractivity contribution < 1.29 is 38.2 Å². The molecule has 3 fully saturated rings. The molecule has 0 spiro atoms. The summed E-state index contributed by atoms with van der Waals surface area (Å²) in [6.07, 6.45) is 0.636. The molecule has 4 bridgehead atoms. The summed E-state index contributed by atoms with van der Waals surface area (Å²) in [6.45, 7) is 8.43. The van der Waals surface area contributed by atoms with Crippen LogP contribution >= 0.6 is 15.9 Å². The minimum Gasteiger partial charge on any atom is -0.375 e. The molecular weight excluding hydrogens is 858 g/mol. The second kappa shape index (κ2) is 15.2. The lowest BCUT2D eigenvalue weighted by Gasteiger charge is -2.58. The zero-order valence-corrected chi connectivity index (χ0v) is 37.0. The van der Waals surface area contributed by atoms with Gasteiger partial charge >= 0.3 is 24.1 Å². The molecule has 0 aromatic heterocycles. The van der Waals surface area contributed by atoms with Crippen LogP contribution in [0.1, 0.15) is 82.1 Å². The van der Waals surface area contributed by atoms with Gasteiger partial charge in [0.2, 0.25) is 11.1 Å². The maximum atomic E-state index is 14.8. The normalized spacial score (nSPS) is 31.0. The molecule has 10 rings (SSSR count). The fourth-order valence-electron chi connectivity index (χ4n) is 12.9. The number of carbonyl (C=O) groups is 6. The second-order valence-corrected chi connectivity index (χ2v) is 19.4. The Hall–Kier alpha value is -5.32. The van der Waals surface area contributed by atoms with E-state index in [1.54, 1.807) is 0 Å². The highest BCUT2D eigenvalue weighted by molar-refractivity contribution is 9.10. The van der Waals surface area contributed by atoms with Crippen molar-refractivity contribution in [3.63, 3.8) is 0 Å². The molecule has 62 heavy (non-hydrogen) atoms. The number of esters is 2. The molecule has 9 atom stereocenters. The van der Waals surface area contributed by atoms with E-state index < -0.39 is 81.5 Å². The van der Waals surface area contributed by atoms with E-state index >= 15 is 0 Å². The number of hydrogen-bond donors (Lipinski definition) is 4. The van der Waals surface area contributed by atoms with Gasteiger partial charge in [0.05, 0.1) is 5.54 Å². The molecule has 8 N–H and O–H groups in total. The van der Waals surface area contributed by atoms with Crippen LogP contribution in [0.5, 0.6) is 0 Å². The van der Waals surface area contributed by atoms with E-state index in [9.17, 15) is 28.8 Å². The first-order valence-corrected chi connectivity index (χ1v) is 22.0. The van der Waals surface area contributed by atoms with Gasteiger partial charge in [-0.15, -0.1) is 0 Å². The summed E-state index contributed by atoms with van der Waals surface area (Å²) in [7, 11) is 0. The lowest BCUT2D eigenvalue weighted by Crippen LogP contribution is -2.78. The average molecular weight is 913 g/mol. The Labute approximate surface area is 368 Å². The molecule has 3 aromatic carbocycles. The summed E-state index contributed by atoms with van der Waals surface area (Å²) >= 11 is 3.60. The van der Waals surface area contributed by atoms with Crippen molar-refractivity contribution in [3.05, 3.63) is 99.5 Å². The van der Waals surface area contributed by atoms with Crippen LogP contribution in [0.3, 0.4) is 0 Å². The fourth-order valence-corrected chi connectivity index (χ4v) is 13.2.